The Bertz CT molecular complexity index is 881. The summed E-state index contributed by atoms with van der Waals surface area (Å²) < 4.78 is 22.3. The number of nitrogens with two attached hydrogens (primary N) is 1. The van der Waals surface area contributed by atoms with Crippen LogP contribution in [0.1, 0.15) is 10.4 Å². The number of sulfonamides is 1. The van der Waals surface area contributed by atoms with Gasteiger partial charge in [0, 0.05) is 17.8 Å². The summed E-state index contributed by atoms with van der Waals surface area (Å²) in [5, 5.41) is 18.2. The van der Waals surface area contributed by atoms with Gasteiger partial charge in [-0.3, -0.25) is 14.9 Å². The van der Waals surface area contributed by atoms with Gasteiger partial charge >= 0.3 is 0 Å². The highest BCUT2D eigenvalue weighted by atomic mass is 35.5. The van der Waals surface area contributed by atoms with Crippen LogP contribution in [0.2, 0.25) is 5.02 Å². The second-order valence-corrected chi connectivity index (χ2v) is 6.41. The SMILES string of the molecule is NS(=O)(=O)c1ccc(NC(=O)c2cc([N+](=O)[O-])ccc2Cl)cc1. The fourth-order valence-electron chi connectivity index (χ4n) is 1.73. The van der Waals surface area contributed by atoms with Crippen molar-refractivity contribution in [1.29, 1.82) is 0 Å². The van der Waals surface area contributed by atoms with Gasteiger partial charge in [-0.05, 0) is 30.3 Å². The minimum Gasteiger partial charge on any atom is -0.322 e. The first-order valence-corrected chi connectivity index (χ1v) is 7.99. The summed E-state index contributed by atoms with van der Waals surface area (Å²) in [7, 11) is -3.83. The Balaban J connectivity index is 2.26. The van der Waals surface area contributed by atoms with Gasteiger partial charge in [-0.25, -0.2) is 13.6 Å². The molecule has 0 saturated carbocycles. The van der Waals surface area contributed by atoms with Crippen LogP contribution >= 0.6 is 11.6 Å². The Morgan fingerprint density at radius 3 is 2.30 bits per heavy atom. The highest BCUT2D eigenvalue weighted by Gasteiger charge is 2.16. The molecular formula is C13H10ClN3O5S. The molecule has 2 aromatic rings. The number of nitrogens with zero attached hydrogens (tertiary/aromatic N) is 1. The maximum Gasteiger partial charge on any atom is 0.270 e. The van der Waals surface area contributed by atoms with Crippen molar-refractivity contribution in [2.24, 2.45) is 5.14 Å². The molecule has 1 amide bonds. The molecule has 0 radical (unpaired) electrons. The molecular weight excluding hydrogens is 346 g/mol. The molecule has 3 N–H and O–H groups in total. The number of nitro benzene ring substituents is 1. The predicted molar refractivity (Wildman–Crippen MR) is 83.9 cm³/mol. The van der Waals surface area contributed by atoms with Crippen LogP contribution in [-0.4, -0.2) is 19.2 Å². The molecule has 8 nitrogen and oxygen atoms in total. The van der Waals surface area contributed by atoms with Crippen LogP contribution in [0.15, 0.2) is 47.4 Å². The van der Waals surface area contributed by atoms with E-state index in [4.69, 9.17) is 16.7 Å². The zero-order chi connectivity index (χ0) is 17.2. The summed E-state index contributed by atoms with van der Waals surface area (Å²) >= 11 is 5.87. The smallest absolute Gasteiger partial charge is 0.270 e. The summed E-state index contributed by atoms with van der Waals surface area (Å²) in [6, 6.07) is 8.60. The Kier molecular flexibility index (Phi) is 4.64. The number of anilines is 1. The molecule has 0 unspecified atom stereocenters. The number of amides is 1. The molecule has 10 heteroatoms. The average Bonchev–Trinajstić information content (AvgIpc) is 2.47. The van der Waals surface area contributed by atoms with E-state index in [1.807, 2.05) is 0 Å². The van der Waals surface area contributed by atoms with Gasteiger partial charge in [0.15, 0.2) is 0 Å². The van der Waals surface area contributed by atoms with Gasteiger partial charge in [0.05, 0.1) is 20.4 Å². The summed E-state index contributed by atoms with van der Waals surface area (Å²) in [6.07, 6.45) is 0. The van der Waals surface area contributed by atoms with Crippen LogP contribution in [0, 0.1) is 10.1 Å². The Hall–Kier alpha value is -2.49. The van der Waals surface area contributed by atoms with E-state index < -0.39 is 20.9 Å². The molecule has 0 spiro atoms. The van der Waals surface area contributed by atoms with Crippen molar-refractivity contribution in [3.8, 4) is 0 Å². The zero-order valence-electron chi connectivity index (χ0n) is 11.4. The normalized spacial score (nSPS) is 11.0. The number of nitro groups is 1. The Morgan fingerprint density at radius 2 is 1.78 bits per heavy atom. The van der Waals surface area contributed by atoms with E-state index in [-0.39, 0.29) is 26.9 Å². The molecule has 0 bridgehead atoms. The van der Waals surface area contributed by atoms with E-state index in [0.29, 0.717) is 0 Å². The Morgan fingerprint density at radius 1 is 1.17 bits per heavy atom. The summed E-state index contributed by atoms with van der Waals surface area (Å²) in [4.78, 5) is 22.1. The number of nitrogens with one attached hydrogen (secondary N) is 1. The van der Waals surface area contributed by atoms with E-state index in [9.17, 15) is 23.3 Å². The van der Waals surface area contributed by atoms with Crippen LogP contribution < -0.4 is 10.5 Å². The van der Waals surface area contributed by atoms with Gasteiger partial charge in [-0.1, -0.05) is 11.6 Å². The van der Waals surface area contributed by atoms with Crippen molar-refractivity contribution in [2.45, 2.75) is 4.90 Å². The van der Waals surface area contributed by atoms with Gasteiger partial charge < -0.3 is 5.32 Å². The number of hydrogen-bond donors (Lipinski definition) is 2. The van der Waals surface area contributed by atoms with Crippen molar-refractivity contribution >= 4 is 38.9 Å². The molecule has 0 aliphatic heterocycles. The third kappa shape index (κ3) is 4.03. The number of benzene rings is 2. The van der Waals surface area contributed by atoms with Gasteiger partial charge in [-0.15, -0.1) is 0 Å². The van der Waals surface area contributed by atoms with Crippen molar-refractivity contribution in [2.75, 3.05) is 5.32 Å². The van der Waals surface area contributed by atoms with Crippen molar-refractivity contribution in [3.63, 3.8) is 0 Å². The standard InChI is InChI=1S/C13H10ClN3O5S/c14-12-6-3-9(17(19)20)7-11(12)13(18)16-8-1-4-10(5-2-8)23(15,21)22/h1-7H,(H,16,18)(H2,15,21,22). The quantitative estimate of drug-likeness (QED) is 0.640. The number of carbonyl (C=O) groups is 1. The molecule has 0 aliphatic rings. The van der Waals surface area contributed by atoms with Crippen LogP contribution in [0.4, 0.5) is 11.4 Å². The highest BCUT2D eigenvalue weighted by Crippen LogP contribution is 2.23. The second-order valence-electron chi connectivity index (χ2n) is 4.44. The lowest BCUT2D eigenvalue weighted by atomic mass is 10.2. The zero-order valence-corrected chi connectivity index (χ0v) is 13.0. The van der Waals surface area contributed by atoms with E-state index in [1.165, 1.54) is 36.4 Å². The minimum atomic E-state index is -3.83. The van der Waals surface area contributed by atoms with E-state index in [0.717, 1.165) is 6.07 Å². The molecule has 120 valence electrons. The van der Waals surface area contributed by atoms with E-state index in [1.54, 1.807) is 0 Å². The van der Waals surface area contributed by atoms with Gasteiger partial charge in [0.25, 0.3) is 11.6 Å². The maximum absolute atomic E-state index is 12.1. The monoisotopic (exact) mass is 355 g/mol. The Labute approximate surface area is 136 Å². The summed E-state index contributed by atoms with van der Waals surface area (Å²) in [5.74, 6) is -0.665. The molecule has 2 aromatic carbocycles. The van der Waals surface area contributed by atoms with E-state index >= 15 is 0 Å². The first kappa shape index (κ1) is 16.9. The highest BCUT2D eigenvalue weighted by molar-refractivity contribution is 7.89. The number of carbonyl (C=O) groups excluding carboxylic acids is 1. The molecule has 0 atom stereocenters. The van der Waals surface area contributed by atoms with Crippen molar-refractivity contribution in [1.82, 2.24) is 0 Å². The molecule has 0 saturated heterocycles. The topological polar surface area (TPSA) is 132 Å². The van der Waals surface area contributed by atoms with Crippen LogP contribution in [0.5, 0.6) is 0 Å². The molecule has 0 fully saturated rings. The van der Waals surface area contributed by atoms with E-state index in [2.05, 4.69) is 5.32 Å². The third-order valence-corrected chi connectivity index (χ3v) is 4.10. The largest absolute Gasteiger partial charge is 0.322 e. The van der Waals surface area contributed by atoms with Crippen LogP contribution in [0.3, 0.4) is 0 Å². The number of rotatable bonds is 4. The van der Waals surface area contributed by atoms with Gasteiger partial charge in [0.1, 0.15) is 0 Å². The number of primary sulfonamides is 1. The molecule has 2 rings (SSSR count). The number of halogens is 1. The van der Waals surface area contributed by atoms with Crippen LogP contribution in [-0.2, 0) is 10.0 Å². The lowest BCUT2D eigenvalue weighted by molar-refractivity contribution is -0.384. The number of non-ortho nitro benzene ring substituents is 1. The van der Waals surface area contributed by atoms with Crippen molar-refractivity contribution in [3.05, 3.63) is 63.2 Å². The first-order valence-electron chi connectivity index (χ1n) is 6.06. The fraction of sp³-hybridized carbons (Fsp3) is 0. The molecule has 0 aliphatic carbocycles. The summed E-state index contributed by atoms with van der Waals surface area (Å²) in [5.41, 5.74) is -0.0644. The fourth-order valence-corrected chi connectivity index (χ4v) is 2.45. The average molecular weight is 356 g/mol. The molecule has 23 heavy (non-hydrogen) atoms. The molecule has 0 heterocycles. The van der Waals surface area contributed by atoms with Crippen LogP contribution in [0.25, 0.3) is 0 Å². The lowest BCUT2D eigenvalue weighted by Gasteiger charge is -2.07. The first-order chi connectivity index (χ1) is 10.7. The summed E-state index contributed by atoms with van der Waals surface area (Å²) in [6.45, 7) is 0. The minimum absolute atomic E-state index is 0.0502. The predicted octanol–water partition coefficient (Wildman–Crippen LogP) is 2.15. The van der Waals surface area contributed by atoms with Crippen molar-refractivity contribution < 1.29 is 18.1 Å². The maximum atomic E-state index is 12.1. The van der Waals surface area contributed by atoms with Gasteiger partial charge in [0.2, 0.25) is 10.0 Å². The molecule has 0 aromatic heterocycles. The lowest BCUT2D eigenvalue weighted by Crippen LogP contribution is -2.14. The third-order valence-electron chi connectivity index (χ3n) is 2.85. The van der Waals surface area contributed by atoms with Gasteiger partial charge in [-0.2, -0.15) is 0 Å². The number of hydrogen-bond acceptors (Lipinski definition) is 5. The second kappa shape index (κ2) is 6.32.